The highest BCUT2D eigenvalue weighted by Crippen LogP contribution is 2.18. The summed E-state index contributed by atoms with van der Waals surface area (Å²) in [5, 5.41) is 8.94. The Bertz CT molecular complexity index is 779. The van der Waals surface area contributed by atoms with E-state index in [1.807, 2.05) is 0 Å². The Morgan fingerprint density at radius 1 is 0.478 bits per heavy atom. The summed E-state index contributed by atoms with van der Waals surface area (Å²) in [6.07, 6.45) is 49.8. The number of hydrogen-bond acceptors (Lipinski definition) is 3. The maximum absolute atomic E-state index is 12.5. The number of carbonyl (C=O) groups is 2. The molecule has 0 radical (unpaired) electrons. The number of ether oxygens (including phenoxy) is 1. The van der Waals surface area contributed by atoms with Gasteiger partial charge in [0.1, 0.15) is 6.10 Å². The molecule has 0 aliphatic rings. The van der Waals surface area contributed by atoms with Crippen LogP contribution in [0.3, 0.4) is 0 Å². The van der Waals surface area contributed by atoms with Crippen LogP contribution in [0.25, 0.3) is 0 Å². The molecule has 0 saturated carbocycles. The Hall–Kier alpha value is -2.10. The topological polar surface area (TPSA) is 63.6 Å². The number of carboxylic acids is 1. The predicted octanol–water partition coefficient (Wildman–Crippen LogP) is 13.6. The molecule has 266 valence electrons. The van der Waals surface area contributed by atoms with E-state index in [9.17, 15) is 9.59 Å². The summed E-state index contributed by atoms with van der Waals surface area (Å²) in [5.41, 5.74) is 0. The molecule has 46 heavy (non-hydrogen) atoms. The number of carbonyl (C=O) groups excluding carboxylic acids is 1. The summed E-state index contributed by atoms with van der Waals surface area (Å²) >= 11 is 0. The van der Waals surface area contributed by atoms with Crippen LogP contribution < -0.4 is 0 Å². The van der Waals surface area contributed by atoms with E-state index in [1.54, 1.807) is 0 Å². The number of hydrogen-bond donors (Lipinski definition) is 1. The second-order valence-corrected chi connectivity index (χ2v) is 13.1. The second-order valence-electron chi connectivity index (χ2n) is 13.1. The zero-order chi connectivity index (χ0) is 33.6. The Labute approximate surface area is 285 Å². The van der Waals surface area contributed by atoms with Gasteiger partial charge in [-0.25, -0.2) is 0 Å². The maximum atomic E-state index is 12.5. The highest BCUT2D eigenvalue weighted by atomic mass is 16.5. The fraction of sp³-hybridized carbons (Fsp3) is 0.762. The molecular formula is C42H74O4. The summed E-state index contributed by atoms with van der Waals surface area (Å²) < 4.78 is 5.87. The van der Waals surface area contributed by atoms with Crippen molar-refractivity contribution in [1.82, 2.24) is 0 Å². The van der Waals surface area contributed by atoms with Crippen LogP contribution in [0.1, 0.15) is 200 Å². The minimum absolute atomic E-state index is 0.0739. The SMILES string of the molecule is CCCCC/C=C\C/C=C\C/C=C\C/C=C\CCCC(=O)OC(CCCCCCCCCCCCCCCC)CCCCC(=O)O. The van der Waals surface area contributed by atoms with Gasteiger partial charge in [-0.3, -0.25) is 9.59 Å². The van der Waals surface area contributed by atoms with E-state index in [0.717, 1.165) is 57.8 Å². The molecule has 1 atom stereocenters. The number of carboxylic acid groups (broad SMARTS) is 1. The van der Waals surface area contributed by atoms with Gasteiger partial charge < -0.3 is 9.84 Å². The Balaban J connectivity index is 4.01. The van der Waals surface area contributed by atoms with Gasteiger partial charge in [-0.2, -0.15) is 0 Å². The summed E-state index contributed by atoms with van der Waals surface area (Å²) in [4.78, 5) is 23.4. The number of allylic oxidation sites excluding steroid dienone is 8. The van der Waals surface area contributed by atoms with Gasteiger partial charge in [-0.05, 0) is 77.0 Å². The minimum atomic E-state index is -0.752. The van der Waals surface area contributed by atoms with Gasteiger partial charge in [0.05, 0.1) is 0 Å². The normalized spacial score (nSPS) is 12.7. The smallest absolute Gasteiger partial charge is 0.306 e. The molecule has 0 aromatic heterocycles. The van der Waals surface area contributed by atoms with Crippen LogP contribution in [0.2, 0.25) is 0 Å². The fourth-order valence-corrected chi connectivity index (χ4v) is 5.65. The van der Waals surface area contributed by atoms with Gasteiger partial charge in [-0.15, -0.1) is 0 Å². The average Bonchev–Trinajstić information content (AvgIpc) is 3.04. The van der Waals surface area contributed by atoms with Crippen molar-refractivity contribution in [3.8, 4) is 0 Å². The van der Waals surface area contributed by atoms with Crippen molar-refractivity contribution in [2.75, 3.05) is 0 Å². The zero-order valence-corrected chi connectivity index (χ0v) is 30.4. The fourth-order valence-electron chi connectivity index (χ4n) is 5.65. The molecule has 4 nitrogen and oxygen atoms in total. The van der Waals surface area contributed by atoms with Crippen LogP contribution in [0, 0.1) is 0 Å². The van der Waals surface area contributed by atoms with Crippen molar-refractivity contribution < 1.29 is 19.4 Å². The van der Waals surface area contributed by atoms with Crippen molar-refractivity contribution in [2.45, 2.75) is 206 Å². The summed E-state index contributed by atoms with van der Waals surface area (Å²) in [7, 11) is 0. The first kappa shape index (κ1) is 43.9. The largest absolute Gasteiger partial charge is 0.481 e. The summed E-state index contributed by atoms with van der Waals surface area (Å²) in [6, 6.07) is 0. The van der Waals surface area contributed by atoms with Crippen LogP contribution in [-0.4, -0.2) is 23.1 Å². The van der Waals surface area contributed by atoms with Gasteiger partial charge in [0.15, 0.2) is 0 Å². The number of aliphatic carboxylic acids is 1. The first-order valence-electron chi connectivity index (χ1n) is 19.6. The lowest BCUT2D eigenvalue weighted by Gasteiger charge is -2.18. The number of unbranched alkanes of at least 4 members (excludes halogenated alkanes) is 18. The van der Waals surface area contributed by atoms with Gasteiger partial charge in [0.25, 0.3) is 0 Å². The van der Waals surface area contributed by atoms with Gasteiger partial charge >= 0.3 is 11.9 Å². The third-order valence-corrected chi connectivity index (χ3v) is 8.55. The van der Waals surface area contributed by atoms with Crippen LogP contribution in [0.4, 0.5) is 0 Å². The molecule has 0 aromatic rings. The molecule has 0 rings (SSSR count). The Kier molecular flexibility index (Phi) is 35.7. The molecule has 0 aliphatic heterocycles. The van der Waals surface area contributed by atoms with Crippen LogP contribution in [-0.2, 0) is 14.3 Å². The quantitative estimate of drug-likeness (QED) is 0.0424. The molecule has 1 N–H and O–H groups in total. The molecule has 0 fully saturated rings. The van der Waals surface area contributed by atoms with E-state index in [2.05, 4.69) is 62.5 Å². The lowest BCUT2D eigenvalue weighted by molar-refractivity contribution is -0.150. The van der Waals surface area contributed by atoms with Crippen molar-refractivity contribution in [2.24, 2.45) is 0 Å². The number of rotatable bonds is 35. The zero-order valence-electron chi connectivity index (χ0n) is 30.4. The standard InChI is InChI=1S/C42H74O4/c1-3-5-7-9-11-13-15-17-19-20-21-23-25-27-29-31-33-39-42(45)46-40(37-34-35-38-41(43)44)36-32-30-28-26-24-22-18-16-14-12-10-8-6-4-2/h11,13,17,19,21,23,27,29,40H,3-10,12,14-16,18,20,22,24-26,28,30-39H2,1-2H3,(H,43,44)/b13-11-,19-17-,23-21-,29-27-. The monoisotopic (exact) mass is 643 g/mol. The number of esters is 1. The van der Waals surface area contributed by atoms with Crippen LogP contribution in [0.15, 0.2) is 48.6 Å². The average molecular weight is 643 g/mol. The minimum Gasteiger partial charge on any atom is -0.481 e. The van der Waals surface area contributed by atoms with Crippen molar-refractivity contribution >= 4 is 11.9 Å². The molecule has 0 heterocycles. The maximum Gasteiger partial charge on any atom is 0.306 e. The lowest BCUT2D eigenvalue weighted by Crippen LogP contribution is -2.18. The second kappa shape index (κ2) is 37.4. The molecular weight excluding hydrogens is 568 g/mol. The van der Waals surface area contributed by atoms with E-state index in [4.69, 9.17) is 9.84 Å². The summed E-state index contributed by atoms with van der Waals surface area (Å²) in [6.45, 7) is 4.51. The Morgan fingerprint density at radius 3 is 1.35 bits per heavy atom. The molecule has 0 saturated heterocycles. The van der Waals surface area contributed by atoms with E-state index < -0.39 is 5.97 Å². The molecule has 0 spiro atoms. The van der Waals surface area contributed by atoms with Crippen LogP contribution in [0.5, 0.6) is 0 Å². The van der Waals surface area contributed by atoms with E-state index in [0.29, 0.717) is 12.8 Å². The van der Waals surface area contributed by atoms with Crippen LogP contribution >= 0.6 is 0 Å². The van der Waals surface area contributed by atoms with Gasteiger partial charge in [0, 0.05) is 12.8 Å². The molecule has 0 aromatic carbocycles. The first-order valence-corrected chi connectivity index (χ1v) is 19.6. The summed E-state index contributed by atoms with van der Waals surface area (Å²) in [5.74, 6) is -0.859. The van der Waals surface area contributed by atoms with Gasteiger partial charge in [-0.1, -0.05) is 159 Å². The van der Waals surface area contributed by atoms with E-state index in [-0.39, 0.29) is 18.5 Å². The molecule has 4 heteroatoms. The molecule has 0 aliphatic carbocycles. The first-order chi connectivity index (χ1) is 22.6. The van der Waals surface area contributed by atoms with E-state index in [1.165, 1.54) is 109 Å². The molecule has 1 unspecified atom stereocenters. The van der Waals surface area contributed by atoms with Crippen molar-refractivity contribution in [3.63, 3.8) is 0 Å². The lowest BCUT2D eigenvalue weighted by atomic mass is 10.0. The Morgan fingerprint density at radius 2 is 0.870 bits per heavy atom. The third kappa shape index (κ3) is 36.4. The van der Waals surface area contributed by atoms with Crippen molar-refractivity contribution in [1.29, 1.82) is 0 Å². The highest BCUT2D eigenvalue weighted by molar-refractivity contribution is 5.69. The highest BCUT2D eigenvalue weighted by Gasteiger charge is 2.14. The van der Waals surface area contributed by atoms with Gasteiger partial charge in [0.2, 0.25) is 0 Å². The van der Waals surface area contributed by atoms with E-state index >= 15 is 0 Å². The predicted molar refractivity (Wildman–Crippen MR) is 199 cm³/mol. The molecule has 0 amide bonds. The third-order valence-electron chi connectivity index (χ3n) is 8.55. The molecule has 0 bridgehead atoms. The van der Waals surface area contributed by atoms with Crippen molar-refractivity contribution in [3.05, 3.63) is 48.6 Å².